The molecule has 5 heteroatoms. The number of aliphatic hydroxyl groups is 1. The Labute approximate surface area is 137 Å². The number of hydrogen-bond acceptors (Lipinski definition) is 3. The summed E-state index contributed by atoms with van der Waals surface area (Å²) in [6.45, 7) is 1.44. The Kier molecular flexibility index (Phi) is 6.99. The predicted molar refractivity (Wildman–Crippen MR) is 88.4 cm³/mol. The minimum absolute atomic E-state index is 0.0127. The van der Waals surface area contributed by atoms with Crippen LogP contribution in [0.1, 0.15) is 37.7 Å². The van der Waals surface area contributed by atoms with E-state index in [0.717, 1.165) is 19.4 Å². The Morgan fingerprint density at radius 3 is 2.87 bits per heavy atom. The van der Waals surface area contributed by atoms with Crippen LogP contribution in [0.25, 0.3) is 0 Å². The number of likely N-dealkylation sites (tertiary alicyclic amines) is 1. The van der Waals surface area contributed by atoms with Crippen molar-refractivity contribution in [3.8, 4) is 0 Å². The first-order valence-corrected chi connectivity index (χ1v) is 8.44. The largest absolute Gasteiger partial charge is 0.395 e. The lowest BCUT2D eigenvalue weighted by Crippen LogP contribution is -2.38. The number of aliphatic hydroxyl groups excluding tert-OH is 1. The Morgan fingerprint density at radius 2 is 2.17 bits per heavy atom. The van der Waals surface area contributed by atoms with Crippen LogP contribution in [0.5, 0.6) is 0 Å². The van der Waals surface area contributed by atoms with Gasteiger partial charge in [-0.3, -0.25) is 4.79 Å². The van der Waals surface area contributed by atoms with Gasteiger partial charge in [0.2, 0.25) is 5.91 Å². The first kappa shape index (κ1) is 17.9. The van der Waals surface area contributed by atoms with Crippen molar-refractivity contribution in [2.75, 3.05) is 26.7 Å². The van der Waals surface area contributed by atoms with Crippen LogP contribution in [-0.2, 0) is 11.3 Å². The van der Waals surface area contributed by atoms with E-state index in [9.17, 15) is 14.3 Å². The van der Waals surface area contributed by atoms with Gasteiger partial charge in [-0.1, -0.05) is 24.6 Å². The summed E-state index contributed by atoms with van der Waals surface area (Å²) in [7, 11) is 2.11. The van der Waals surface area contributed by atoms with Gasteiger partial charge in [0.05, 0.1) is 6.61 Å². The molecule has 128 valence electrons. The minimum atomic E-state index is -0.310. The highest BCUT2D eigenvalue weighted by atomic mass is 19.1. The number of benzene rings is 1. The van der Waals surface area contributed by atoms with Crippen LogP contribution in [0.4, 0.5) is 4.39 Å². The number of carbonyl (C=O) groups excluding carboxylic acids is 1. The third-order valence-corrected chi connectivity index (χ3v) is 4.65. The SMILES string of the molecule is CN1CCCC[C@H]1CCC(=O)N(CCO)Cc1ccccc1F. The van der Waals surface area contributed by atoms with Crippen molar-refractivity contribution < 1.29 is 14.3 Å². The van der Waals surface area contributed by atoms with Gasteiger partial charge in [0.25, 0.3) is 0 Å². The summed E-state index contributed by atoms with van der Waals surface area (Å²) in [6, 6.07) is 6.93. The van der Waals surface area contributed by atoms with Gasteiger partial charge in [-0.2, -0.15) is 0 Å². The van der Waals surface area contributed by atoms with Crippen molar-refractivity contribution in [1.29, 1.82) is 0 Å². The van der Waals surface area contributed by atoms with Crippen molar-refractivity contribution in [1.82, 2.24) is 9.80 Å². The minimum Gasteiger partial charge on any atom is -0.395 e. The number of nitrogens with zero attached hydrogens (tertiary/aromatic N) is 2. The van der Waals surface area contributed by atoms with Gasteiger partial charge in [-0.15, -0.1) is 0 Å². The molecule has 0 aromatic heterocycles. The van der Waals surface area contributed by atoms with Crippen LogP contribution < -0.4 is 0 Å². The van der Waals surface area contributed by atoms with Crippen molar-refractivity contribution in [3.63, 3.8) is 0 Å². The number of halogens is 1. The number of piperidine rings is 1. The normalized spacial score (nSPS) is 18.8. The molecule has 1 aromatic rings. The van der Waals surface area contributed by atoms with Crippen LogP contribution in [-0.4, -0.2) is 53.6 Å². The fourth-order valence-electron chi connectivity index (χ4n) is 3.20. The molecule has 1 fully saturated rings. The second-order valence-electron chi connectivity index (χ2n) is 6.30. The Bertz CT molecular complexity index is 510. The van der Waals surface area contributed by atoms with Crippen LogP contribution in [0.15, 0.2) is 24.3 Å². The summed E-state index contributed by atoms with van der Waals surface area (Å²) in [6.07, 6.45) is 4.86. The maximum absolute atomic E-state index is 13.8. The van der Waals surface area contributed by atoms with E-state index in [-0.39, 0.29) is 31.4 Å². The topological polar surface area (TPSA) is 43.8 Å². The van der Waals surface area contributed by atoms with Crippen molar-refractivity contribution in [2.24, 2.45) is 0 Å². The summed E-state index contributed by atoms with van der Waals surface area (Å²) in [4.78, 5) is 16.4. The van der Waals surface area contributed by atoms with Gasteiger partial charge >= 0.3 is 0 Å². The maximum Gasteiger partial charge on any atom is 0.223 e. The van der Waals surface area contributed by atoms with Crippen molar-refractivity contribution >= 4 is 5.91 Å². The molecule has 0 aliphatic carbocycles. The van der Waals surface area contributed by atoms with Crippen LogP contribution >= 0.6 is 0 Å². The van der Waals surface area contributed by atoms with Crippen molar-refractivity contribution in [2.45, 2.75) is 44.7 Å². The molecule has 1 atom stereocenters. The zero-order chi connectivity index (χ0) is 16.7. The molecule has 1 heterocycles. The van der Waals surface area contributed by atoms with Gasteiger partial charge in [0.15, 0.2) is 0 Å². The maximum atomic E-state index is 13.8. The molecular formula is C18H27FN2O2. The highest BCUT2D eigenvalue weighted by Gasteiger charge is 2.21. The number of carbonyl (C=O) groups is 1. The molecule has 1 aromatic carbocycles. The van der Waals surface area contributed by atoms with Gasteiger partial charge in [0.1, 0.15) is 5.82 Å². The molecule has 0 bridgehead atoms. The van der Waals surface area contributed by atoms with E-state index in [1.807, 2.05) is 0 Å². The summed E-state index contributed by atoms with van der Waals surface area (Å²) in [5.74, 6) is -0.323. The molecule has 23 heavy (non-hydrogen) atoms. The number of amides is 1. The average Bonchev–Trinajstić information content (AvgIpc) is 2.55. The highest BCUT2D eigenvalue weighted by Crippen LogP contribution is 2.20. The van der Waals surface area contributed by atoms with E-state index >= 15 is 0 Å². The fourth-order valence-corrected chi connectivity index (χ4v) is 3.20. The molecule has 1 N–H and O–H groups in total. The first-order valence-electron chi connectivity index (χ1n) is 8.44. The molecular weight excluding hydrogens is 295 g/mol. The molecule has 1 saturated heterocycles. The quantitative estimate of drug-likeness (QED) is 0.838. The predicted octanol–water partition coefficient (Wildman–Crippen LogP) is 2.41. The van der Waals surface area contributed by atoms with Gasteiger partial charge in [-0.05, 0) is 38.9 Å². The van der Waals surface area contributed by atoms with E-state index in [2.05, 4.69) is 11.9 Å². The highest BCUT2D eigenvalue weighted by molar-refractivity contribution is 5.76. The average molecular weight is 322 g/mol. The van der Waals surface area contributed by atoms with E-state index in [0.29, 0.717) is 18.0 Å². The molecule has 1 amide bonds. The lowest BCUT2D eigenvalue weighted by Gasteiger charge is -2.33. The smallest absolute Gasteiger partial charge is 0.223 e. The standard InChI is InChI=1S/C18H27FN2O2/c1-20-11-5-4-7-16(20)9-10-18(23)21(12-13-22)14-15-6-2-3-8-17(15)19/h2-3,6,8,16,22H,4-5,7,9-14H2,1H3/t16-/m0/s1. The molecule has 0 radical (unpaired) electrons. The first-order chi connectivity index (χ1) is 11.1. The third-order valence-electron chi connectivity index (χ3n) is 4.65. The fraction of sp³-hybridized carbons (Fsp3) is 0.611. The zero-order valence-electron chi connectivity index (χ0n) is 13.9. The van der Waals surface area contributed by atoms with Crippen LogP contribution in [0.3, 0.4) is 0 Å². The van der Waals surface area contributed by atoms with Crippen LogP contribution in [0.2, 0.25) is 0 Å². The summed E-state index contributed by atoms with van der Waals surface area (Å²) in [5.41, 5.74) is 0.490. The molecule has 0 unspecified atom stereocenters. The summed E-state index contributed by atoms with van der Waals surface area (Å²) >= 11 is 0. The Hall–Kier alpha value is -1.46. The van der Waals surface area contributed by atoms with Crippen molar-refractivity contribution in [3.05, 3.63) is 35.6 Å². The zero-order valence-corrected chi connectivity index (χ0v) is 13.9. The van der Waals surface area contributed by atoms with E-state index in [4.69, 9.17) is 0 Å². The summed E-state index contributed by atoms with van der Waals surface area (Å²) in [5, 5.41) is 9.20. The Balaban J connectivity index is 1.91. The summed E-state index contributed by atoms with van der Waals surface area (Å²) < 4.78 is 13.8. The van der Waals surface area contributed by atoms with Gasteiger partial charge in [-0.25, -0.2) is 4.39 Å². The number of rotatable bonds is 7. The van der Waals surface area contributed by atoms with Crippen LogP contribution in [0, 0.1) is 5.82 Å². The molecule has 2 rings (SSSR count). The second kappa shape index (κ2) is 8.99. The third kappa shape index (κ3) is 5.29. The molecule has 1 aliphatic rings. The Morgan fingerprint density at radius 1 is 1.39 bits per heavy atom. The molecule has 0 spiro atoms. The van der Waals surface area contributed by atoms with Gasteiger partial charge < -0.3 is 14.9 Å². The monoisotopic (exact) mass is 322 g/mol. The van der Waals surface area contributed by atoms with E-state index in [1.165, 1.54) is 18.9 Å². The van der Waals surface area contributed by atoms with E-state index < -0.39 is 0 Å². The molecule has 4 nitrogen and oxygen atoms in total. The van der Waals surface area contributed by atoms with E-state index in [1.54, 1.807) is 23.1 Å². The van der Waals surface area contributed by atoms with Gasteiger partial charge in [0, 0.05) is 31.1 Å². The lowest BCUT2D eigenvalue weighted by molar-refractivity contribution is -0.132. The lowest BCUT2D eigenvalue weighted by atomic mass is 9.98. The second-order valence-corrected chi connectivity index (χ2v) is 6.30. The number of hydrogen-bond donors (Lipinski definition) is 1. The molecule has 1 aliphatic heterocycles. The molecule has 0 saturated carbocycles.